The van der Waals surface area contributed by atoms with Crippen LogP contribution in [-0.2, 0) is 11.2 Å². The lowest BCUT2D eigenvalue weighted by Gasteiger charge is -2.32. The van der Waals surface area contributed by atoms with Gasteiger partial charge in [-0.3, -0.25) is 4.99 Å². The Labute approximate surface area is 210 Å². The molecule has 1 aromatic carbocycles. The van der Waals surface area contributed by atoms with Gasteiger partial charge in [0.15, 0.2) is 5.96 Å². The lowest BCUT2D eigenvalue weighted by molar-refractivity contribution is 0.0963. The minimum Gasteiger partial charge on any atom is -0.450 e. The summed E-state index contributed by atoms with van der Waals surface area (Å²) in [5, 5.41) is 11.4. The van der Waals surface area contributed by atoms with Crippen molar-refractivity contribution >= 4 is 47.6 Å². The van der Waals surface area contributed by atoms with Crippen LogP contribution in [-0.4, -0.2) is 65.9 Å². The number of aliphatic imine (C=N–C) groups is 1. The van der Waals surface area contributed by atoms with Crippen molar-refractivity contribution in [3.63, 3.8) is 0 Å². The molecule has 1 fully saturated rings. The van der Waals surface area contributed by atoms with Gasteiger partial charge in [-0.05, 0) is 38.8 Å². The monoisotopic (exact) mass is 576 g/mol. The fourth-order valence-corrected chi connectivity index (χ4v) is 3.49. The molecular weight excluding hydrogens is 547 g/mol. The number of benzene rings is 1. The smallest absolute Gasteiger partial charge is 0.409 e. The Morgan fingerprint density at radius 2 is 2.12 bits per heavy atom. The summed E-state index contributed by atoms with van der Waals surface area (Å²) in [5.41, 5.74) is 0.815. The average molecular weight is 577 g/mol. The SMILES string of the molecule is CCNC(=NCCc1nc(-c2cccc(Cl)c2)no1)NC1CCN(C(=O)OCC)CC1.I. The summed E-state index contributed by atoms with van der Waals surface area (Å²) in [6.07, 6.45) is 1.98. The average Bonchev–Trinajstić information content (AvgIpc) is 3.23. The van der Waals surface area contributed by atoms with E-state index in [9.17, 15) is 4.79 Å². The highest BCUT2D eigenvalue weighted by molar-refractivity contribution is 14.0. The van der Waals surface area contributed by atoms with Gasteiger partial charge in [-0.25, -0.2) is 4.79 Å². The van der Waals surface area contributed by atoms with Gasteiger partial charge in [-0.1, -0.05) is 28.9 Å². The molecule has 0 spiro atoms. The molecule has 3 rings (SSSR count). The van der Waals surface area contributed by atoms with Crippen molar-refractivity contribution in [2.45, 2.75) is 39.2 Å². The first kappa shape index (κ1) is 26.2. The number of nitrogens with zero attached hydrogens (tertiary/aromatic N) is 4. The molecule has 2 aromatic rings. The maximum Gasteiger partial charge on any atom is 0.409 e. The number of hydrogen-bond acceptors (Lipinski definition) is 6. The minimum atomic E-state index is -0.238. The van der Waals surface area contributed by atoms with E-state index >= 15 is 0 Å². The van der Waals surface area contributed by atoms with Gasteiger partial charge in [0.25, 0.3) is 0 Å². The number of nitrogens with one attached hydrogen (secondary N) is 2. The van der Waals surface area contributed by atoms with Crippen LogP contribution in [0.15, 0.2) is 33.8 Å². The molecule has 32 heavy (non-hydrogen) atoms. The van der Waals surface area contributed by atoms with Crippen molar-refractivity contribution in [2.24, 2.45) is 4.99 Å². The van der Waals surface area contributed by atoms with Gasteiger partial charge >= 0.3 is 6.09 Å². The molecule has 0 aliphatic carbocycles. The fraction of sp³-hybridized carbons (Fsp3) is 0.524. The van der Waals surface area contributed by atoms with E-state index in [0.29, 0.717) is 49.4 Å². The maximum absolute atomic E-state index is 11.8. The van der Waals surface area contributed by atoms with Crippen molar-refractivity contribution in [1.82, 2.24) is 25.7 Å². The minimum absolute atomic E-state index is 0. The number of halogens is 2. The van der Waals surface area contributed by atoms with E-state index in [1.165, 1.54) is 0 Å². The van der Waals surface area contributed by atoms with Crippen LogP contribution in [0, 0.1) is 0 Å². The van der Waals surface area contributed by atoms with Crippen molar-refractivity contribution in [3.05, 3.63) is 35.2 Å². The van der Waals surface area contributed by atoms with Gasteiger partial charge in [0.05, 0.1) is 13.2 Å². The van der Waals surface area contributed by atoms with E-state index in [1.54, 1.807) is 17.0 Å². The first-order valence-corrected chi connectivity index (χ1v) is 11.0. The second kappa shape index (κ2) is 13.5. The highest BCUT2D eigenvalue weighted by atomic mass is 127. The van der Waals surface area contributed by atoms with Crippen molar-refractivity contribution in [1.29, 1.82) is 0 Å². The number of piperidine rings is 1. The number of aromatic nitrogens is 2. The van der Waals surface area contributed by atoms with Crippen molar-refractivity contribution in [2.75, 3.05) is 32.8 Å². The molecular formula is C21H30ClIN6O3. The first-order chi connectivity index (χ1) is 15.1. The van der Waals surface area contributed by atoms with Crippen LogP contribution in [0.5, 0.6) is 0 Å². The molecule has 176 valence electrons. The summed E-state index contributed by atoms with van der Waals surface area (Å²) in [4.78, 5) is 22.6. The lowest BCUT2D eigenvalue weighted by atomic mass is 10.1. The molecule has 0 unspecified atom stereocenters. The summed E-state index contributed by atoms with van der Waals surface area (Å²) in [7, 11) is 0. The number of hydrogen-bond donors (Lipinski definition) is 2. The van der Waals surface area contributed by atoms with Gasteiger partial charge in [0.1, 0.15) is 0 Å². The van der Waals surface area contributed by atoms with E-state index < -0.39 is 0 Å². The highest BCUT2D eigenvalue weighted by Crippen LogP contribution is 2.20. The second-order valence-electron chi connectivity index (χ2n) is 7.14. The van der Waals surface area contributed by atoms with Crippen LogP contribution in [0.3, 0.4) is 0 Å². The third-order valence-corrected chi connectivity index (χ3v) is 5.09. The Morgan fingerprint density at radius 3 is 2.81 bits per heavy atom. The zero-order valence-corrected chi connectivity index (χ0v) is 21.4. The molecule has 0 radical (unpaired) electrons. The van der Waals surface area contributed by atoms with Crippen LogP contribution >= 0.6 is 35.6 Å². The van der Waals surface area contributed by atoms with Crippen LogP contribution < -0.4 is 10.6 Å². The zero-order chi connectivity index (χ0) is 22.1. The molecule has 11 heteroatoms. The molecule has 1 amide bonds. The molecule has 2 N–H and O–H groups in total. The van der Waals surface area contributed by atoms with Crippen molar-refractivity contribution in [3.8, 4) is 11.4 Å². The maximum atomic E-state index is 11.8. The third-order valence-electron chi connectivity index (χ3n) is 4.85. The van der Waals surface area contributed by atoms with Gasteiger partial charge in [0.2, 0.25) is 11.7 Å². The number of carbonyl (C=O) groups is 1. The quantitative estimate of drug-likeness (QED) is 0.294. The first-order valence-electron chi connectivity index (χ1n) is 10.6. The summed E-state index contributed by atoms with van der Waals surface area (Å²) >= 11 is 6.02. The summed E-state index contributed by atoms with van der Waals surface area (Å²) < 4.78 is 10.4. The third kappa shape index (κ3) is 7.80. The van der Waals surface area contributed by atoms with Gasteiger partial charge in [-0.2, -0.15) is 4.98 Å². The molecule has 0 saturated carbocycles. The Balaban J connectivity index is 0.00000363. The van der Waals surface area contributed by atoms with Crippen LogP contribution in [0.4, 0.5) is 4.79 Å². The van der Waals surface area contributed by atoms with Crippen molar-refractivity contribution < 1.29 is 14.1 Å². The van der Waals surface area contributed by atoms with Gasteiger partial charge in [-0.15, -0.1) is 24.0 Å². The molecule has 1 aromatic heterocycles. The Kier molecular flexibility index (Phi) is 11.0. The largest absolute Gasteiger partial charge is 0.450 e. The predicted molar refractivity (Wildman–Crippen MR) is 135 cm³/mol. The van der Waals surface area contributed by atoms with E-state index in [-0.39, 0.29) is 36.1 Å². The standard InChI is InChI=1S/C21H29ClN6O3.HI/c1-3-23-20(25-17-9-12-28(13-10-17)21(29)30-4-2)24-11-8-18-26-19(27-31-18)15-6-5-7-16(22)14-15;/h5-7,14,17H,3-4,8-13H2,1-2H3,(H2,23,24,25);1H. The number of ether oxygens (including phenoxy) is 1. The van der Waals surface area contributed by atoms with Crippen LogP contribution in [0.1, 0.15) is 32.6 Å². The topological polar surface area (TPSA) is 105 Å². The van der Waals surface area contributed by atoms with Crippen LogP contribution in [0.2, 0.25) is 5.02 Å². The summed E-state index contributed by atoms with van der Waals surface area (Å²) in [5.74, 6) is 1.78. The number of likely N-dealkylation sites (tertiary alicyclic amines) is 1. The van der Waals surface area contributed by atoms with E-state index in [4.69, 9.17) is 20.9 Å². The Bertz CT molecular complexity index is 886. The number of carbonyl (C=O) groups excluding carboxylic acids is 1. The van der Waals surface area contributed by atoms with E-state index in [2.05, 4.69) is 25.8 Å². The van der Waals surface area contributed by atoms with E-state index in [0.717, 1.165) is 30.9 Å². The number of guanidine groups is 1. The number of rotatable bonds is 7. The summed E-state index contributed by atoms with van der Waals surface area (Å²) in [6, 6.07) is 7.59. The summed E-state index contributed by atoms with van der Waals surface area (Å²) in [6.45, 7) is 6.85. The normalized spacial score (nSPS) is 14.6. The molecule has 9 nitrogen and oxygen atoms in total. The van der Waals surface area contributed by atoms with Gasteiger partial charge < -0.3 is 24.8 Å². The molecule has 1 aliphatic heterocycles. The molecule has 1 aliphatic rings. The van der Waals surface area contributed by atoms with Gasteiger partial charge in [0, 0.05) is 42.7 Å². The van der Waals surface area contributed by atoms with E-state index in [1.807, 2.05) is 26.0 Å². The second-order valence-corrected chi connectivity index (χ2v) is 7.57. The highest BCUT2D eigenvalue weighted by Gasteiger charge is 2.24. The molecule has 0 bridgehead atoms. The Hall–Kier alpha value is -2.08. The van der Waals surface area contributed by atoms with Crippen LogP contribution in [0.25, 0.3) is 11.4 Å². The fourth-order valence-electron chi connectivity index (χ4n) is 3.30. The molecule has 2 heterocycles. The number of amides is 1. The molecule has 0 atom stereocenters. The Morgan fingerprint density at radius 1 is 1.34 bits per heavy atom. The predicted octanol–water partition coefficient (Wildman–Crippen LogP) is 3.73. The zero-order valence-electron chi connectivity index (χ0n) is 18.3. The lowest BCUT2D eigenvalue weighted by Crippen LogP contribution is -2.50. The molecule has 1 saturated heterocycles.